The minimum absolute atomic E-state index is 0.285. The van der Waals surface area contributed by atoms with Gasteiger partial charge in [-0.3, -0.25) is 0 Å². The summed E-state index contributed by atoms with van der Waals surface area (Å²) in [5.41, 5.74) is 4.26. The van der Waals surface area contributed by atoms with Crippen molar-refractivity contribution in [3.8, 4) is 5.75 Å². The van der Waals surface area contributed by atoms with Crippen molar-refractivity contribution >= 4 is 79.1 Å². The van der Waals surface area contributed by atoms with Crippen LogP contribution in [-0.2, 0) is 16.1 Å². The molecule has 0 atom stereocenters. The van der Waals surface area contributed by atoms with E-state index in [1.165, 1.54) is 5.56 Å². The summed E-state index contributed by atoms with van der Waals surface area (Å²) in [6.07, 6.45) is 1.75. The van der Waals surface area contributed by atoms with Crippen LogP contribution in [0.15, 0.2) is 75.8 Å². The average molecular weight is 728 g/mol. The molecule has 7 heteroatoms. The van der Waals surface area contributed by atoms with Crippen LogP contribution >= 0.6 is 61.1 Å². The fraction of sp³-hybridized carbons (Fsp3) is 0.154. The van der Waals surface area contributed by atoms with Crippen LogP contribution in [0, 0.1) is 7.14 Å². The molecule has 0 aromatic heterocycles. The Labute approximate surface area is 228 Å². The SMILES string of the molecule is CC(C)c1ccc(C2=N/C(=C\c3cc(I)c(OCc4ccc(Br)cc4)c(I)c3)C(=O)O2)cc1. The Hall–Kier alpha value is -1.72. The Balaban J connectivity index is 1.53. The second-order valence-corrected chi connectivity index (χ2v) is 11.1. The fourth-order valence-corrected chi connectivity index (χ4v) is 5.63. The molecule has 33 heavy (non-hydrogen) atoms. The van der Waals surface area contributed by atoms with E-state index in [4.69, 9.17) is 9.47 Å². The third kappa shape index (κ3) is 6.05. The molecule has 0 radical (unpaired) electrons. The zero-order valence-corrected chi connectivity index (χ0v) is 23.8. The molecule has 3 aromatic rings. The van der Waals surface area contributed by atoms with E-state index in [1.807, 2.05) is 60.7 Å². The van der Waals surface area contributed by atoms with Gasteiger partial charge in [0.1, 0.15) is 12.4 Å². The Bertz CT molecular complexity index is 1230. The van der Waals surface area contributed by atoms with Gasteiger partial charge in [0.15, 0.2) is 5.70 Å². The number of benzene rings is 3. The molecule has 0 N–H and O–H groups in total. The maximum Gasteiger partial charge on any atom is 0.363 e. The molecular formula is C26H20BrI2NO3. The van der Waals surface area contributed by atoms with Crippen LogP contribution in [-0.4, -0.2) is 11.9 Å². The number of halogens is 3. The molecule has 0 fully saturated rings. The lowest BCUT2D eigenvalue weighted by atomic mass is 10.0. The molecule has 3 aromatic carbocycles. The Kier molecular flexibility index (Phi) is 7.91. The highest BCUT2D eigenvalue weighted by Crippen LogP contribution is 2.31. The van der Waals surface area contributed by atoms with Crippen LogP contribution in [0.4, 0.5) is 0 Å². The van der Waals surface area contributed by atoms with Crippen molar-refractivity contribution in [3.63, 3.8) is 0 Å². The van der Waals surface area contributed by atoms with Crippen molar-refractivity contribution in [3.05, 3.63) is 100 Å². The maximum atomic E-state index is 12.4. The van der Waals surface area contributed by atoms with E-state index in [0.29, 0.717) is 18.4 Å². The van der Waals surface area contributed by atoms with Crippen molar-refractivity contribution < 1.29 is 14.3 Å². The van der Waals surface area contributed by atoms with Gasteiger partial charge in [-0.05, 0) is 110 Å². The van der Waals surface area contributed by atoms with Gasteiger partial charge in [0, 0.05) is 10.0 Å². The van der Waals surface area contributed by atoms with E-state index in [0.717, 1.165) is 34.1 Å². The van der Waals surface area contributed by atoms with Crippen LogP contribution in [0.2, 0.25) is 0 Å². The lowest BCUT2D eigenvalue weighted by Crippen LogP contribution is -2.05. The quantitative estimate of drug-likeness (QED) is 0.149. The molecule has 0 spiro atoms. The second-order valence-electron chi connectivity index (χ2n) is 7.84. The number of aliphatic imine (C=N–C) groups is 1. The minimum atomic E-state index is -0.446. The molecule has 0 unspecified atom stereocenters. The third-order valence-electron chi connectivity index (χ3n) is 5.07. The first-order valence-electron chi connectivity index (χ1n) is 10.3. The summed E-state index contributed by atoms with van der Waals surface area (Å²) >= 11 is 7.96. The lowest BCUT2D eigenvalue weighted by Gasteiger charge is -2.11. The van der Waals surface area contributed by atoms with Crippen LogP contribution in [0.1, 0.15) is 42.0 Å². The topological polar surface area (TPSA) is 47.9 Å². The van der Waals surface area contributed by atoms with E-state index in [1.54, 1.807) is 6.08 Å². The average Bonchev–Trinajstić information content (AvgIpc) is 3.14. The third-order valence-corrected chi connectivity index (χ3v) is 7.20. The van der Waals surface area contributed by atoms with Gasteiger partial charge in [-0.25, -0.2) is 9.79 Å². The number of carbonyl (C=O) groups excluding carboxylic acids is 1. The molecule has 0 aliphatic carbocycles. The molecule has 168 valence electrons. The molecule has 1 aliphatic heterocycles. The number of carbonyl (C=O) groups is 1. The number of ether oxygens (including phenoxy) is 2. The van der Waals surface area contributed by atoms with Crippen molar-refractivity contribution in [2.75, 3.05) is 0 Å². The van der Waals surface area contributed by atoms with Crippen molar-refractivity contribution in [2.24, 2.45) is 4.99 Å². The summed E-state index contributed by atoms with van der Waals surface area (Å²) in [6.45, 7) is 4.76. The van der Waals surface area contributed by atoms with E-state index in [9.17, 15) is 4.79 Å². The van der Waals surface area contributed by atoms with E-state index in [-0.39, 0.29) is 5.70 Å². The predicted molar refractivity (Wildman–Crippen MR) is 151 cm³/mol. The van der Waals surface area contributed by atoms with Gasteiger partial charge in [0.05, 0.1) is 7.14 Å². The summed E-state index contributed by atoms with van der Waals surface area (Å²) < 4.78 is 14.5. The van der Waals surface area contributed by atoms with Gasteiger partial charge in [0.25, 0.3) is 0 Å². The fourth-order valence-electron chi connectivity index (χ4n) is 3.24. The number of hydrogen-bond donors (Lipinski definition) is 0. The molecule has 0 amide bonds. The Morgan fingerprint density at radius 2 is 1.67 bits per heavy atom. The first-order valence-corrected chi connectivity index (χ1v) is 13.2. The largest absolute Gasteiger partial charge is 0.487 e. The number of cyclic esters (lactones) is 1. The molecule has 0 bridgehead atoms. The van der Waals surface area contributed by atoms with Gasteiger partial charge < -0.3 is 9.47 Å². The summed E-state index contributed by atoms with van der Waals surface area (Å²) in [4.78, 5) is 16.9. The normalized spacial score (nSPS) is 14.5. The molecule has 4 rings (SSSR count). The highest BCUT2D eigenvalue weighted by atomic mass is 127. The van der Waals surface area contributed by atoms with Crippen molar-refractivity contribution in [2.45, 2.75) is 26.4 Å². The summed E-state index contributed by atoms with van der Waals surface area (Å²) in [5.74, 6) is 1.15. The predicted octanol–water partition coefficient (Wildman–Crippen LogP) is 7.71. The van der Waals surface area contributed by atoms with Crippen LogP contribution < -0.4 is 4.74 Å². The number of nitrogens with zero attached hydrogens (tertiary/aromatic N) is 1. The summed E-state index contributed by atoms with van der Waals surface area (Å²) in [5, 5.41) is 0. The van der Waals surface area contributed by atoms with Crippen LogP contribution in [0.25, 0.3) is 6.08 Å². The van der Waals surface area contributed by atoms with Gasteiger partial charge in [-0.15, -0.1) is 0 Å². The highest BCUT2D eigenvalue weighted by Gasteiger charge is 2.24. The summed E-state index contributed by atoms with van der Waals surface area (Å²) in [7, 11) is 0. The summed E-state index contributed by atoms with van der Waals surface area (Å²) in [6, 6.07) is 20.0. The highest BCUT2D eigenvalue weighted by molar-refractivity contribution is 14.1. The van der Waals surface area contributed by atoms with Crippen molar-refractivity contribution in [1.82, 2.24) is 0 Å². The standard InChI is InChI=1S/C26H20BrI2NO3/c1-15(2)18-5-7-19(8-6-18)25-30-23(26(31)33-25)13-17-11-21(28)24(22(29)12-17)32-14-16-3-9-20(27)10-4-16/h3-13,15H,14H2,1-2H3/b23-13-. The first-order chi connectivity index (χ1) is 15.8. The van der Waals surface area contributed by atoms with Gasteiger partial charge >= 0.3 is 5.97 Å². The molecule has 0 saturated heterocycles. The second kappa shape index (κ2) is 10.7. The lowest BCUT2D eigenvalue weighted by molar-refractivity contribution is -0.129. The molecule has 1 heterocycles. The monoisotopic (exact) mass is 727 g/mol. The minimum Gasteiger partial charge on any atom is -0.487 e. The Morgan fingerprint density at radius 3 is 2.27 bits per heavy atom. The molecule has 0 saturated carbocycles. The van der Waals surface area contributed by atoms with E-state index < -0.39 is 5.97 Å². The van der Waals surface area contributed by atoms with E-state index in [2.05, 4.69) is 80.0 Å². The smallest absolute Gasteiger partial charge is 0.363 e. The Morgan fingerprint density at radius 1 is 1.03 bits per heavy atom. The zero-order chi connectivity index (χ0) is 23.5. The van der Waals surface area contributed by atoms with Gasteiger partial charge in [-0.2, -0.15) is 0 Å². The molecule has 4 nitrogen and oxygen atoms in total. The molecule has 1 aliphatic rings. The van der Waals surface area contributed by atoms with E-state index >= 15 is 0 Å². The van der Waals surface area contributed by atoms with Crippen molar-refractivity contribution in [1.29, 1.82) is 0 Å². The first kappa shape index (κ1) is 24.4. The molecular weight excluding hydrogens is 708 g/mol. The number of rotatable bonds is 6. The maximum absolute atomic E-state index is 12.4. The van der Waals surface area contributed by atoms with Gasteiger partial charge in [-0.1, -0.05) is 54.0 Å². The van der Waals surface area contributed by atoms with Crippen LogP contribution in [0.3, 0.4) is 0 Å². The zero-order valence-electron chi connectivity index (χ0n) is 17.9. The number of esters is 1. The van der Waals surface area contributed by atoms with Gasteiger partial charge in [0.2, 0.25) is 5.90 Å². The van der Waals surface area contributed by atoms with Crippen LogP contribution in [0.5, 0.6) is 5.75 Å². The number of hydrogen-bond acceptors (Lipinski definition) is 4.